The van der Waals surface area contributed by atoms with Gasteiger partial charge in [0.05, 0.1) is 0 Å². The Morgan fingerprint density at radius 3 is 2.38 bits per heavy atom. The second-order valence-corrected chi connectivity index (χ2v) is 7.78. The second-order valence-electron chi connectivity index (χ2n) is 4.49. The Hall–Kier alpha value is 0.137. The molecule has 2 fully saturated rings. The van der Waals surface area contributed by atoms with Gasteiger partial charge in [-0.1, -0.05) is 19.3 Å². The number of hydrogen-bond acceptors (Lipinski definition) is 2. The van der Waals surface area contributed by atoms with Gasteiger partial charge in [-0.15, -0.1) is 0 Å². The lowest BCUT2D eigenvalue weighted by molar-refractivity contribution is 0.182. The molecule has 2 rings (SSSR count). The maximum atomic E-state index is 10.4. The van der Waals surface area contributed by atoms with Crippen molar-refractivity contribution in [3.8, 4) is 0 Å². The van der Waals surface area contributed by atoms with Gasteiger partial charge >= 0.3 is 8.56 Å². The van der Waals surface area contributed by atoms with E-state index in [2.05, 4.69) is 0 Å². The zero-order valence-corrected chi connectivity index (χ0v) is 9.30. The first-order chi connectivity index (χ1) is 6.31. The van der Waals surface area contributed by atoms with E-state index in [-0.39, 0.29) is 0 Å². The average molecular weight is 200 g/mol. The summed E-state index contributed by atoms with van der Waals surface area (Å²) in [5, 5.41) is 0. The Balaban J connectivity index is 1.94. The summed E-state index contributed by atoms with van der Waals surface area (Å²) in [6, 6.07) is 0.998. The van der Waals surface area contributed by atoms with Crippen molar-refractivity contribution in [2.75, 3.05) is 6.61 Å². The normalized spacial score (nSPS) is 37.6. The molecular formula is C10H20O2Si. The van der Waals surface area contributed by atoms with E-state index in [0.717, 1.165) is 19.1 Å². The van der Waals surface area contributed by atoms with Gasteiger partial charge in [-0.3, -0.25) is 0 Å². The van der Waals surface area contributed by atoms with E-state index in [0.29, 0.717) is 5.54 Å². The molecule has 1 aliphatic carbocycles. The molecule has 3 heteroatoms. The van der Waals surface area contributed by atoms with E-state index in [9.17, 15) is 4.80 Å². The van der Waals surface area contributed by atoms with Crippen molar-refractivity contribution < 1.29 is 9.22 Å². The monoisotopic (exact) mass is 200 g/mol. The highest BCUT2D eigenvalue weighted by Gasteiger charge is 2.43. The van der Waals surface area contributed by atoms with Gasteiger partial charge in [0.1, 0.15) is 0 Å². The van der Waals surface area contributed by atoms with E-state index in [1.165, 1.54) is 38.5 Å². The highest BCUT2D eigenvalue weighted by Crippen LogP contribution is 2.40. The smallest absolute Gasteiger partial charge is 0.338 e. The first-order valence-corrected chi connectivity index (χ1v) is 7.82. The van der Waals surface area contributed by atoms with Crippen molar-refractivity contribution in [2.24, 2.45) is 0 Å². The van der Waals surface area contributed by atoms with Crippen molar-refractivity contribution >= 4 is 8.56 Å². The maximum Gasteiger partial charge on any atom is 0.338 e. The molecule has 2 aliphatic rings. The third kappa shape index (κ3) is 2.14. The molecule has 0 aromatic carbocycles. The van der Waals surface area contributed by atoms with Crippen LogP contribution in [-0.2, 0) is 4.43 Å². The van der Waals surface area contributed by atoms with Gasteiger partial charge in [0.15, 0.2) is 0 Å². The molecule has 0 spiro atoms. The molecule has 1 aliphatic heterocycles. The van der Waals surface area contributed by atoms with Crippen LogP contribution in [0.5, 0.6) is 0 Å². The summed E-state index contributed by atoms with van der Waals surface area (Å²) >= 11 is 0. The van der Waals surface area contributed by atoms with Crippen molar-refractivity contribution in [3.63, 3.8) is 0 Å². The molecule has 0 amide bonds. The van der Waals surface area contributed by atoms with Gasteiger partial charge in [-0.2, -0.15) is 0 Å². The third-order valence-electron chi connectivity index (χ3n) is 3.52. The predicted molar refractivity (Wildman–Crippen MR) is 54.8 cm³/mol. The van der Waals surface area contributed by atoms with Crippen LogP contribution in [0, 0.1) is 0 Å². The van der Waals surface area contributed by atoms with Crippen LogP contribution in [0.2, 0.25) is 11.6 Å². The molecule has 1 heterocycles. The molecule has 0 aromatic rings. The number of hydrogen-bond donors (Lipinski definition) is 1. The van der Waals surface area contributed by atoms with Crippen LogP contribution in [0.4, 0.5) is 0 Å². The summed E-state index contributed by atoms with van der Waals surface area (Å²) in [4.78, 5) is 10.4. The molecule has 0 radical (unpaired) electrons. The fourth-order valence-corrected chi connectivity index (χ4v) is 6.03. The zero-order valence-electron chi connectivity index (χ0n) is 8.30. The van der Waals surface area contributed by atoms with Crippen molar-refractivity contribution in [1.82, 2.24) is 0 Å². The van der Waals surface area contributed by atoms with Gasteiger partial charge in [-0.25, -0.2) is 0 Å². The molecule has 1 N–H and O–H groups in total. The first-order valence-electron chi connectivity index (χ1n) is 5.68. The summed E-state index contributed by atoms with van der Waals surface area (Å²) in [6.45, 7) is 0.819. The van der Waals surface area contributed by atoms with Crippen molar-refractivity contribution in [2.45, 2.75) is 56.5 Å². The van der Waals surface area contributed by atoms with Crippen molar-refractivity contribution in [3.05, 3.63) is 0 Å². The lowest BCUT2D eigenvalue weighted by Gasteiger charge is -2.37. The molecule has 2 nitrogen and oxygen atoms in total. The Morgan fingerprint density at radius 1 is 1.00 bits per heavy atom. The van der Waals surface area contributed by atoms with E-state index in [1.54, 1.807) is 0 Å². The molecule has 0 aromatic heterocycles. The first kappa shape index (κ1) is 9.68. The van der Waals surface area contributed by atoms with Crippen LogP contribution in [-0.4, -0.2) is 20.0 Å². The summed E-state index contributed by atoms with van der Waals surface area (Å²) in [6.07, 6.45) is 8.78. The van der Waals surface area contributed by atoms with E-state index in [4.69, 9.17) is 4.43 Å². The fourth-order valence-electron chi connectivity index (χ4n) is 2.68. The molecule has 13 heavy (non-hydrogen) atoms. The third-order valence-corrected chi connectivity index (χ3v) is 7.15. The highest BCUT2D eigenvalue weighted by atomic mass is 28.4. The Bertz CT molecular complexity index is 160. The van der Waals surface area contributed by atoms with E-state index < -0.39 is 8.56 Å². The van der Waals surface area contributed by atoms with Crippen LogP contribution in [0.3, 0.4) is 0 Å². The summed E-state index contributed by atoms with van der Waals surface area (Å²) in [7, 11) is -2.24. The SMILES string of the molecule is O[Si]1(C2CCCCC2)CCCCO1. The van der Waals surface area contributed by atoms with E-state index >= 15 is 0 Å². The minimum absolute atomic E-state index is 0.557. The summed E-state index contributed by atoms with van der Waals surface area (Å²) < 4.78 is 5.70. The number of rotatable bonds is 1. The predicted octanol–water partition coefficient (Wildman–Crippen LogP) is 2.57. The second kappa shape index (κ2) is 4.11. The minimum Gasteiger partial charge on any atom is -0.410 e. The average Bonchev–Trinajstić information content (AvgIpc) is 2.20. The van der Waals surface area contributed by atoms with Crippen LogP contribution >= 0.6 is 0 Å². The van der Waals surface area contributed by atoms with Gasteiger partial charge in [0.2, 0.25) is 0 Å². The lowest BCUT2D eigenvalue weighted by Crippen LogP contribution is -2.46. The van der Waals surface area contributed by atoms with Crippen LogP contribution in [0.1, 0.15) is 44.9 Å². The Kier molecular flexibility index (Phi) is 3.06. The van der Waals surface area contributed by atoms with Crippen molar-refractivity contribution in [1.29, 1.82) is 0 Å². The topological polar surface area (TPSA) is 29.5 Å². The van der Waals surface area contributed by atoms with Gasteiger partial charge in [-0.05, 0) is 31.7 Å². The molecular weight excluding hydrogens is 180 g/mol. The maximum absolute atomic E-state index is 10.4. The molecule has 76 valence electrons. The molecule has 1 saturated heterocycles. The fraction of sp³-hybridized carbons (Fsp3) is 1.00. The molecule has 0 bridgehead atoms. The summed E-state index contributed by atoms with van der Waals surface area (Å²) in [5.41, 5.74) is 0.557. The Morgan fingerprint density at radius 2 is 1.77 bits per heavy atom. The lowest BCUT2D eigenvalue weighted by atomic mass is 10.0. The van der Waals surface area contributed by atoms with Crippen LogP contribution in [0.15, 0.2) is 0 Å². The highest BCUT2D eigenvalue weighted by molar-refractivity contribution is 6.67. The molecule has 1 atom stereocenters. The standard InChI is InChI=1S/C10H20O2Si/c11-13(9-5-4-8-12-13)10-6-2-1-3-7-10/h10-11H,1-9H2. The zero-order chi connectivity index (χ0) is 9.15. The van der Waals surface area contributed by atoms with Crippen LogP contribution < -0.4 is 0 Å². The summed E-state index contributed by atoms with van der Waals surface area (Å²) in [5.74, 6) is 0. The molecule has 1 unspecified atom stereocenters. The molecule has 1 saturated carbocycles. The van der Waals surface area contributed by atoms with E-state index in [1.807, 2.05) is 0 Å². The minimum atomic E-state index is -2.24. The van der Waals surface area contributed by atoms with Crippen LogP contribution in [0.25, 0.3) is 0 Å². The van der Waals surface area contributed by atoms with Gasteiger partial charge in [0.25, 0.3) is 0 Å². The van der Waals surface area contributed by atoms with Gasteiger partial charge < -0.3 is 9.22 Å². The quantitative estimate of drug-likeness (QED) is 0.659. The Labute approximate surface area is 81.5 Å². The largest absolute Gasteiger partial charge is 0.410 e. The van der Waals surface area contributed by atoms with Gasteiger partial charge in [0, 0.05) is 12.1 Å².